The second-order valence-corrected chi connectivity index (χ2v) is 6.20. The molecule has 0 bridgehead atoms. The Hall–Kier alpha value is -3.48. The number of ether oxygens (including phenoxy) is 1. The van der Waals surface area contributed by atoms with Crippen molar-refractivity contribution in [3.05, 3.63) is 81.4 Å². The van der Waals surface area contributed by atoms with Crippen LogP contribution in [0.25, 0.3) is 5.65 Å². The van der Waals surface area contributed by atoms with E-state index in [-0.39, 0.29) is 18.1 Å². The number of esters is 1. The summed E-state index contributed by atoms with van der Waals surface area (Å²) >= 11 is 0. The highest BCUT2D eigenvalue weighted by atomic mass is 16.5. The molecule has 3 rings (SSSR count). The third kappa shape index (κ3) is 4.58. The number of nitrogens with one attached hydrogen (secondary N) is 1. The number of carbonyl (C=O) groups is 2. The van der Waals surface area contributed by atoms with E-state index in [9.17, 15) is 14.4 Å². The van der Waals surface area contributed by atoms with E-state index in [1.165, 1.54) is 17.4 Å². The molecule has 2 aromatic heterocycles. The molecule has 0 radical (unpaired) electrons. The van der Waals surface area contributed by atoms with Gasteiger partial charge in [0, 0.05) is 25.7 Å². The van der Waals surface area contributed by atoms with Gasteiger partial charge in [-0.2, -0.15) is 0 Å². The van der Waals surface area contributed by atoms with Crippen molar-refractivity contribution in [2.75, 3.05) is 0 Å². The lowest BCUT2D eigenvalue weighted by Crippen LogP contribution is -2.19. The smallest absolute Gasteiger partial charge is 0.338 e. The molecule has 0 fully saturated rings. The zero-order chi connectivity index (χ0) is 19.4. The molecule has 0 saturated heterocycles. The van der Waals surface area contributed by atoms with Gasteiger partial charge in [-0.3, -0.25) is 14.0 Å². The van der Waals surface area contributed by atoms with Crippen LogP contribution in [0.3, 0.4) is 0 Å². The molecule has 0 aliphatic rings. The largest absolute Gasteiger partial charge is 0.456 e. The summed E-state index contributed by atoms with van der Waals surface area (Å²) in [6, 6.07) is 11.7. The molecule has 138 valence electrons. The number of aryl methyl sites for hydroxylation is 1. The summed E-state index contributed by atoms with van der Waals surface area (Å²) in [6.45, 7) is 3.64. The van der Waals surface area contributed by atoms with Gasteiger partial charge in [-0.15, -0.1) is 0 Å². The number of benzene rings is 1. The monoisotopic (exact) mass is 365 g/mol. The summed E-state index contributed by atoms with van der Waals surface area (Å²) in [4.78, 5) is 39.6. The van der Waals surface area contributed by atoms with Crippen molar-refractivity contribution in [2.45, 2.75) is 27.0 Å². The van der Waals surface area contributed by atoms with Gasteiger partial charge in [0.2, 0.25) is 5.91 Å². The lowest BCUT2D eigenvalue weighted by molar-refractivity contribution is -0.119. The molecule has 0 aliphatic carbocycles. The van der Waals surface area contributed by atoms with Crippen LogP contribution in [0.2, 0.25) is 0 Å². The number of fused-ring (bicyclic) bond motifs is 1. The van der Waals surface area contributed by atoms with Crippen LogP contribution < -0.4 is 10.9 Å². The number of nitrogens with zero attached hydrogens (tertiary/aromatic N) is 2. The number of hydrogen-bond acceptors (Lipinski definition) is 5. The number of carbonyl (C=O) groups excluding carboxylic acids is 2. The number of aromatic nitrogens is 2. The van der Waals surface area contributed by atoms with Crippen LogP contribution in [-0.2, 0) is 22.7 Å². The van der Waals surface area contributed by atoms with Crippen LogP contribution in [0.15, 0.2) is 53.5 Å². The zero-order valence-corrected chi connectivity index (χ0v) is 15.1. The normalized spacial score (nSPS) is 10.6. The fourth-order valence-corrected chi connectivity index (χ4v) is 2.54. The summed E-state index contributed by atoms with van der Waals surface area (Å²) < 4.78 is 6.71. The van der Waals surface area contributed by atoms with E-state index in [2.05, 4.69) is 10.3 Å². The summed E-state index contributed by atoms with van der Waals surface area (Å²) in [5.41, 5.74) is 2.88. The van der Waals surface area contributed by atoms with Crippen molar-refractivity contribution in [1.29, 1.82) is 0 Å². The minimum absolute atomic E-state index is 0.0912. The van der Waals surface area contributed by atoms with Crippen molar-refractivity contribution in [3.8, 4) is 0 Å². The van der Waals surface area contributed by atoms with E-state index in [1.807, 2.05) is 13.0 Å². The summed E-state index contributed by atoms with van der Waals surface area (Å²) in [5, 5.41) is 2.69. The molecule has 0 spiro atoms. The van der Waals surface area contributed by atoms with E-state index in [1.54, 1.807) is 36.5 Å². The topological polar surface area (TPSA) is 89.8 Å². The van der Waals surface area contributed by atoms with Gasteiger partial charge in [-0.05, 0) is 36.2 Å². The molecule has 1 N–H and O–H groups in total. The third-order valence-electron chi connectivity index (χ3n) is 3.94. The Kier molecular flexibility index (Phi) is 5.30. The quantitative estimate of drug-likeness (QED) is 0.699. The first kappa shape index (κ1) is 18.3. The highest BCUT2D eigenvalue weighted by molar-refractivity contribution is 5.89. The molecule has 3 aromatic rings. The molecule has 0 unspecified atom stereocenters. The van der Waals surface area contributed by atoms with Gasteiger partial charge in [0.05, 0.1) is 11.3 Å². The molecule has 27 heavy (non-hydrogen) atoms. The van der Waals surface area contributed by atoms with Crippen molar-refractivity contribution in [2.24, 2.45) is 0 Å². The maximum absolute atomic E-state index is 12.2. The molecule has 1 aromatic carbocycles. The van der Waals surface area contributed by atoms with Crippen molar-refractivity contribution in [1.82, 2.24) is 14.7 Å². The maximum Gasteiger partial charge on any atom is 0.338 e. The minimum atomic E-state index is -0.507. The molecule has 1 amide bonds. The van der Waals surface area contributed by atoms with Gasteiger partial charge in [-0.1, -0.05) is 18.2 Å². The number of amides is 1. The van der Waals surface area contributed by atoms with E-state index in [0.29, 0.717) is 23.4 Å². The zero-order valence-electron chi connectivity index (χ0n) is 15.1. The Labute approximate surface area is 155 Å². The Morgan fingerprint density at radius 3 is 2.59 bits per heavy atom. The lowest BCUT2D eigenvalue weighted by Gasteiger charge is -2.07. The Morgan fingerprint density at radius 2 is 1.89 bits per heavy atom. The average Bonchev–Trinajstić information content (AvgIpc) is 2.65. The summed E-state index contributed by atoms with van der Waals surface area (Å²) in [6.07, 6.45) is 1.71. The van der Waals surface area contributed by atoms with Gasteiger partial charge < -0.3 is 10.1 Å². The standard InChI is InChI=1S/C20H19N3O4/c1-13-3-8-18-22-17(9-19(25)23(18)11-13)12-27-20(26)16-6-4-15(5-7-16)10-21-14(2)24/h3-9,11H,10,12H2,1-2H3,(H,21,24). The third-order valence-corrected chi connectivity index (χ3v) is 3.94. The number of rotatable bonds is 5. The van der Waals surface area contributed by atoms with Gasteiger partial charge in [0.15, 0.2) is 0 Å². The number of pyridine rings is 1. The molecule has 7 heteroatoms. The van der Waals surface area contributed by atoms with Gasteiger partial charge in [-0.25, -0.2) is 9.78 Å². The Balaban J connectivity index is 1.67. The van der Waals surface area contributed by atoms with Crippen molar-refractivity contribution in [3.63, 3.8) is 0 Å². The predicted octanol–water partition coefficient (Wildman–Crippen LogP) is 2.00. The number of hydrogen-bond donors (Lipinski definition) is 1. The second kappa shape index (κ2) is 7.82. The van der Waals surface area contributed by atoms with Crippen LogP contribution in [0.5, 0.6) is 0 Å². The SMILES string of the molecule is CC(=O)NCc1ccc(C(=O)OCc2cc(=O)n3cc(C)ccc3n2)cc1. The van der Waals surface area contributed by atoms with Crippen LogP contribution in [-0.4, -0.2) is 21.3 Å². The molecular formula is C20H19N3O4. The van der Waals surface area contributed by atoms with Crippen LogP contribution >= 0.6 is 0 Å². The first-order valence-electron chi connectivity index (χ1n) is 8.42. The Bertz CT molecular complexity index is 1060. The molecule has 2 heterocycles. The minimum Gasteiger partial charge on any atom is -0.456 e. The molecule has 0 saturated carbocycles. The van der Waals surface area contributed by atoms with Crippen LogP contribution in [0.4, 0.5) is 0 Å². The molecule has 0 aliphatic heterocycles. The highest BCUT2D eigenvalue weighted by Crippen LogP contribution is 2.08. The van der Waals surface area contributed by atoms with Gasteiger partial charge in [0.25, 0.3) is 5.56 Å². The van der Waals surface area contributed by atoms with Crippen LogP contribution in [0.1, 0.15) is 34.1 Å². The fraction of sp³-hybridized carbons (Fsp3) is 0.200. The van der Waals surface area contributed by atoms with E-state index in [4.69, 9.17) is 4.74 Å². The van der Waals surface area contributed by atoms with E-state index in [0.717, 1.165) is 11.1 Å². The predicted molar refractivity (Wildman–Crippen MR) is 99.3 cm³/mol. The second-order valence-electron chi connectivity index (χ2n) is 6.20. The van der Waals surface area contributed by atoms with E-state index < -0.39 is 5.97 Å². The summed E-state index contributed by atoms with van der Waals surface area (Å²) in [5.74, 6) is -0.626. The first-order valence-corrected chi connectivity index (χ1v) is 8.42. The maximum atomic E-state index is 12.2. The molecule has 0 atom stereocenters. The molecule has 7 nitrogen and oxygen atoms in total. The average molecular weight is 365 g/mol. The fourth-order valence-electron chi connectivity index (χ4n) is 2.54. The van der Waals surface area contributed by atoms with Gasteiger partial charge in [0.1, 0.15) is 12.3 Å². The van der Waals surface area contributed by atoms with Gasteiger partial charge >= 0.3 is 5.97 Å². The highest BCUT2D eigenvalue weighted by Gasteiger charge is 2.09. The van der Waals surface area contributed by atoms with Crippen molar-refractivity contribution < 1.29 is 14.3 Å². The first-order chi connectivity index (χ1) is 12.9. The lowest BCUT2D eigenvalue weighted by atomic mass is 10.1. The van der Waals surface area contributed by atoms with Crippen molar-refractivity contribution >= 4 is 17.5 Å². The summed E-state index contributed by atoms with van der Waals surface area (Å²) in [7, 11) is 0. The van der Waals surface area contributed by atoms with Crippen LogP contribution in [0, 0.1) is 6.92 Å². The molecular weight excluding hydrogens is 346 g/mol. The van der Waals surface area contributed by atoms with E-state index >= 15 is 0 Å². The Morgan fingerprint density at radius 1 is 1.15 bits per heavy atom.